The monoisotopic (exact) mass is 394 g/mol. The van der Waals surface area contributed by atoms with Gasteiger partial charge in [-0.05, 0) is 68.6 Å². The molecule has 2 aromatic rings. The number of likely N-dealkylation sites (tertiary alicyclic amines) is 1. The lowest BCUT2D eigenvalue weighted by molar-refractivity contribution is 0.0679. The van der Waals surface area contributed by atoms with E-state index in [9.17, 15) is 4.79 Å². The van der Waals surface area contributed by atoms with Crippen molar-refractivity contribution in [2.45, 2.75) is 37.8 Å². The summed E-state index contributed by atoms with van der Waals surface area (Å²) in [5, 5.41) is 3.13. The smallest absolute Gasteiger partial charge is 0.251 e. The third-order valence-electron chi connectivity index (χ3n) is 5.80. The van der Waals surface area contributed by atoms with Gasteiger partial charge in [-0.25, -0.2) is 0 Å². The Hall–Kier alpha value is -2.37. The zero-order valence-electron chi connectivity index (χ0n) is 16.9. The number of nitrogens with zero attached hydrogens (tertiary/aromatic N) is 1. The van der Waals surface area contributed by atoms with Gasteiger partial charge < -0.3 is 14.8 Å². The summed E-state index contributed by atoms with van der Waals surface area (Å²) >= 11 is 0. The van der Waals surface area contributed by atoms with Gasteiger partial charge in [-0.3, -0.25) is 9.69 Å². The summed E-state index contributed by atoms with van der Waals surface area (Å²) in [6.45, 7) is 4.19. The molecule has 2 atom stereocenters. The molecule has 2 fully saturated rings. The van der Waals surface area contributed by atoms with Crippen molar-refractivity contribution in [3.05, 3.63) is 65.7 Å². The summed E-state index contributed by atoms with van der Waals surface area (Å²) in [4.78, 5) is 15.2. The first kappa shape index (κ1) is 19.9. The third kappa shape index (κ3) is 5.37. The van der Waals surface area contributed by atoms with Gasteiger partial charge >= 0.3 is 0 Å². The van der Waals surface area contributed by atoms with Crippen LogP contribution in [0.25, 0.3) is 0 Å². The summed E-state index contributed by atoms with van der Waals surface area (Å²) in [7, 11) is 0. The number of amides is 1. The van der Waals surface area contributed by atoms with E-state index < -0.39 is 0 Å². The van der Waals surface area contributed by atoms with Crippen LogP contribution < -0.4 is 10.1 Å². The molecule has 0 aromatic heterocycles. The average molecular weight is 395 g/mol. The minimum Gasteiger partial charge on any atom is -0.491 e. The van der Waals surface area contributed by atoms with E-state index >= 15 is 0 Å². The van der Waals surface area contributed by atoms with E-state index in [1.54, 1.807) is 0 Å². The fourth-order valence-electron chi connectivity index (χ4n) is 4.15. The minimum absolute atomic E-state index is 0.0456. The normalized spacial score (nSPS) is 20.5. The maximum absolute atomic E-state index is 12.7. The molecular formula is C24H30N2O3. The molecule has 5 nitrogen and oxygen atoms in total. The second-order valence-corrected chi connectivity index (χ2v) is 7.85. The maximum Gasteiger partial charge on any atom is 0.251 e. The molecule has 0 radical (unpaired) electrons. The lowest BCUT2D eigenvalue weighted by Gasteiger charge is -2.28. The molecule has 5 heteroatoms. The zero-order chi connectivity index (χ0) is 19.9. The van der Waals surface area contributed by atoms with Crippen LogP contribution in [0.2, 0.25) is 0 Å². The number of hydrogen-bond acceptors (Lipinski definition) is 4. The van der Waals surface area contributed by atoms with Crippen LogP contribution in [-0.4, -0.2) is 49.8 Å². The molecular weight excluding hydrogens is 364 g/mol. The zero-order valence-corrected chi connectivity index (χ0v) is 16.9. The maximum atomic E-state index is 12.7. The van der Waals surface area contributed by atoms with E-state index in [0.29, 0.717) is 18.7 Å². The van der Waals surface area contributed by atoms with Crippen LogP contribution in [0, 0.1) is 0 Å². The van der Waals surface area contributed by atoms with Gasteiger partial charge in [0.2, 0.25) is 0 Å². The van der Waals surface area contributed by atoms with E-state index in [1.165, 1.54) is 18.4 Å². The summed E-state index contributed by atoms with van der Waals surface area (Å²) < 4.78 is 11.4. The predicted molar refractivity (Wildman–Crippen MR) is 113 cm³/mol. The number of benzene rings is 2. The molecule has 1 amide bonds. The highest BCUT2D eigenvalue weighted by atomic mass is 16.5. The van der Waals surface area contributed by atoms with E-state index in [-0.39, 0.29) is 18.1 Å². The Morgan fingerprint density at radius 3 is 2.52 bits per heavy atom. The fourth-order valence-corrected chi connectivity index (χ4v) is 4.15. The van der Waals surface area contributed by atoms with Crippen molar-refractivity contribution in [3.63, 3.8) is 0 Å². The first-order valence-corrected chi connectivity index (χ1v) is 10.7. The van der Waals surface area contributed by atoms with Crippen molar-refractivity contribution >= 4 is 5.91 Å². The second kappa shape index (κ2) is 9.90. The highest BCUT2D eigenvalue weighted by molar-refractivity contribution is 5.94. The number of carbonyl (C=O) groups is 1. The van der Waals surface area contributed by atoms with Gasteiger partial charge in [0.25, 0.3) is 5.91 Å². The van der Waals surface area contributed by atoms with Crippen molar-refractivity contribution < 1.29 is 14.3 Å². The molecule has 154 valence electrons. The standard InChI is InChI=1S/C24H30N2O3/c27-24(20-10-12-21(13-11-20)29-18-22-9-6-16-28-22)25-17-23(26-14-4-5-15-26)19-7-2-1-3-8-19/h1-3,7-8,10-13,22-23H,4-6,9,14-18H2,(H,25,27)/t22-,23-/m1/s1. The van der Waals surface area contributed by atoms with Gasteiger partial charge in [0, 0.05) is 18.7 Å². The third-order valence-corrected chi connectivity index (χ3v) is 5.80. The van der Waals surface area contributed by atoms with Crippen LogP contribution in [0.3, 0.4) is 0 Å². The summed E-state index contributed by atoms with van der Waals surface area (Å²) in [6, 6.07) is 18.1. The first-order chi connectivity index (χ1) is 14.3. The molecule has 2 heterocycles. The molecule has 0 saturated carbocycles. The number of ether oxygens (including phenoxy) is 2. The number of hydrogen-bond donors (Lipinski definition) is 1. The number of nitrogens with one attached hydrogen (secondary N) is 1. The van der Waals surface area contributed by atoms with Crippen LogP contribution >= 0.6 is 0 Å². The Morgan fingerprint density at radius 1 is 1.07 bits per heavy atom. The topological polar surface area (TPSA) is 50.8 Å². The molecule has 2 aliphatic heterocycles. The highest BCUT2D eigenvalue weighted by Gasteiger charge is 2.24. The molecule has 2 aliphatic rings. The quantitative estimate of drug-likeness (QED) is 0.740. The van der Waals surface area contributed by atoms with Crippen LogP contribution in [0.4, 0.5) is 0 Å². The minimum atomic E-state index is -0.0456. The number of rotatable bonds is 8. The van der Waals surface area contributed by atoms with E-state index in [1.807, 2.05) is 30.3 Å². The molecule has 2 saturated heterocycles. The number of carbonyl (C=O) groups excluding carboxylic acids is 1. The van der Waals surface area contributed by atoms with Crippen LogP contribution in [0.15, 0.2) is 54.6 Å². The van der Waals surface area contributed by atoms with Crippen molar-refractivity contribution in [2.24, 2.45) is 0 Å². The molecule has 0 aliphatic carbocycles. The van der Waals surface area contributed by atoms with E-state index in [4.69, 9.17) is 9.47 Å². The highest BCUT2D eigenvalue weighted by Crippen LogP contribution is 2.24. The Bertz CT molecular complexity index is 766. The van der Waals surface area contributed by atoms with Crippen molar-refractivity contribution in [1.82, 2.24) is 10.2 Å². The SMILES string of the molecule is O=C(NC[C@H](c1ccccc1)N1CCCC1)c1ccc(OC[C@H]2CCCO2)cc1. The summed E-state index contributed by atoms with van der Waals surface area (Å²) in [5.74, 6) is 0.729. The average Bonchev–Trinajstić information content (AvgIpc) is 3.48. The Labute approximate surface area is 173 Å². The van der Waals surface area contributed by atoms with Crippen molar-refractivity contribution in [1.29, 1.82) is 0 Å². The molecule has 1 N–H and O–H groups in total. The summed E-state index contributed by atoms with van der Waals surface area (Å²) in [6.07, 6.45) is 4.81. The largest absolute Gasteiger partial charge is 0.491 e. The van der Waals surface area contributed by atoms with Crippen LogP contribution in [-0.2, 0) is 4.74 Å². The predicted octanol–water partition coefficient (Wildman–Crippen LogP) is 3.81. The molecule has 0 unspecified atom stereocenters. The molecule has 0 spiro atoms. The lowest BCUT2D eigenvalue weighted by atomic mass is 10.1. The Morgan fingerprint density at radius 2 is 1.83 bits per heavy atom. The lowest BCUT2D eigenvalue weighted by Crippen LogP contribution is -2.36. The molecule has 29 heavy (non-hydrogen) atoms. The van der Waals surface area contributed by atoms with Crippen molar-refractivity contribution in [2.75, 3.05) is 32.8 Å². The van der Waals surface area contributed by atoms with Crippen LogP contribution in [0.1, 0.15) is 47.6 Å². The van der Waals surface area contributed by atoms with Gasteiger partial charge in [-0.1, -0.05) is 30.3 Å². The second-order valence-electron chi connectivity index (χ2n) is 7.85. The Kier molecular flexibility index (Phi) is 6.80. The van der Waals surface area contributed by atoms with Gasteiger partial charge in [-0.15, -0.1) is 0 Å². The first-order valence-electron chi connectivity index (χ1n) is 10.7. The molecule has 2 aromatic carbocycles. The van der Waals surface area contributed by atoms with Gasteiger partial charge in [0.15, 0.2) is 0 Å². The van der Waals surface area contributed by atoms with Gasteiger partial charge in [0.1, 0.15) is 12.4 Å². The van der Waals surface area contributed by atoms with E-state index in [2.05, 4.69) is 34.5 Å². The molecule has 0 bridgehead atoms. The van der Waals surface area contributed by atoms with Gasteiger partial charge in [0.05, 0.1) is 12.1 Å². The Balaban J connectivity index is 1.32. The van der Waals surface area contributed by atoms with Crippen molar-refractivity contribution in [3.8, 4) is 5.75 Å². The summed E-state index contributed by atoms with van der Waals surface area (Å²) in [5.41, 5.74) is 1.91. The van der Waals surface area contributed by atoms with Crippen LogP contribution in [0.5, 0.6) is 5.75 Å². The van der Waals surface area contributed by atoms with Gasteiger partial charge in [-0.2, -0.15) is 0 Å². The van der Waals surface area contributed by atoms with E-state index in [0.717, 1.165) is 38.3 Å². The molecule has 4 rings (SSSR count). The fraction of sp³-hybridized carbons (Fsp3) is 0.458.